The van der Waals surface area contributed by atoms with E-state index in [1.807, 2.05) is 0 Å². The highest BCUT2D eigenvalue weighted by atomic mass is 19.4. The summed E-state index contributed by atoms with van der Waals surface area (Å²) in [6, 6.07) is 3.77. The first-order chi connectivity index (χ1) is 13.5. The summed E-state index contributed by atoms with van der Waals surface area (Å²) >= 11 is 0. The van der Waals surface area contributed by atoms with Gasteiger partial charge in [0.25, 0.3) is 0 Å². The molecule has 1 aromatic rings. The number of piperidine rings is 1. The lowest BCUT2D eigenvalue weighted by Gasteiger charge is -2.33. The number of aliphatic hydroxyl groups is 1. The zero-order chi connectivity index (χ0) is 21.8. The van der Waals surface area contributed by atoms with Crippen LogP contribution in [-0.2, 0) is 15.8 Å². The van der Waals surface area contributed by atoms with Crippen molar-refractivity contribution in [2.24, 2.45) is 11.8 Å². The highest BCUT2D eigenvalue weighted by Crippen LogP contribution is 2.32. The second-order valence-corrected chi connectivity index (χ2v) is 7.65. The summed E-state index contributed by atoms with van der Waals surface area (Å²) < 4.78 is 38.9. The first-order valence-corrected chi connectivity index (χ1v) is 9.61. The number of benzene rings is 1. The van der Waals surface area contributed by atoms with Crippen LogP contribution in [0, 0.1) is 11.8 Å². The van der Waals surface area contributed by atoms with E-state index in [9.17, 15) is 27.9 Å². The Labute approximate surface area is 168 Å². The number of carbonyl (C=O) groups is 2. The predicted octanol–water partition coefficient (Wildman–Crippen LogP) is 3.30. The lowest BCUT2D eigenvalue weighted by atomic mass is 9.90. The molecular formula is C21H27F3N2O3. The highest BCUT2D eigenvalue weighted by molar-refractivity contribution is 5.87. The third-order valence-electron chi connectivity index (χ3n) is 5.27. The molecule has 1 aliphatic heterocycles. The Bertz CT molecular complexity index is 741. The van der Waals surface area contributed by atoms with Crippen LogP contribution in [0.3, 0.4) is 0 Å². The molecular weight excluding hydrogens is 385 g/mol. The molecule has 1 heterocycles. The summed E-state index contributed by atoms with van der Waals surface area (Å²) in [5.41, 5.74) is -0.743. The number of nitrogens with zero attached hydrogens (tertiary/aromatic N) is 1. The summed E-state index contributed by atoms with van der Waals surface area (Å²) in [4.78, 5) is 26.0. The largest absolute Gasteiger partial charge is 0.416 e. The van der Waals surface area contributed by atoms with Gasteiger partial charge in [-0.05, 0) is 42.5 Å². The van der Waals surface area contributed by atoms with Crippen molar-refractivity contribution in [3.05, 3.63) is 48.0 Å². The lowest BCUT2D eigenvalue weighted by molar-refractivity contribution is -0.137. The molecule has 0 spiro atoms. The molecule has 1 fully saturated rings. The van der Waals surface area contributed by atoms with E-state index in [-0.39, 0.29) is 29.2 Å². The maximum absolute atomic E-state index is 13.0. The minimum atomic E-state index is -4.51. The van der Waals surface area contributed by atoms with E-state index in [1.165, 1.54) is 18.2 Å². The molecule has 2 N–H and O–H groups in total. The van der Waals surface area contributed by atoms with Crippen molar-refractivity contribution in [2.45, 2.75) is 45.0 Å². The zero-order valence-electron chi connectivity index (χ0n) is 16.6. The van der Waals surface area contributed by atoms with E-state index in [0.29, 0.717) is 25.9 Å². The Morgan fingerprint density at radius 2 is 1.90 bits per heavy atom. The van der Waals surface area contributed by atoms with Gasteiger partial charge in [-0.2, -0.15) is 13.2 Å². The molecule has 0 aromatic heterocycles. The molecule has 0 aliphatic carbocycles. The molecule has 5 nitrogen and oxygen atoms in total. The third-order valence-corrected chi connectivity index (χ3v) is 5.27. The Morgan fingerprint density at radius 1 is 1.28 bits per heavy atom. The third kappa shape index (κ3) is 5.82. The minimum Gasteiger partial charge on any atom is -0.386 e. The number of amides is 2. The fraction of sp³-hybridized carbons (Fsp3) is 0.524. The normalized spacial score (nSPS) is 17.7. The monoisotopic (exact) mass is 412 g/mol. The van der Waals surface area contributed by atoms with E-state index >= 15 is 0 Å². The Kier molecular flexibility index (Phi) is 7.46. The first kappa shape index (κ1) is 22.9. The fourth-order valence-electron chi connectivity index (χ4n) is 3.49. The van der Waals surface area contributed by atoms with Crippen LogP contribution < -0.4 is 5.32 Å². The average Bonchev–Trinajstić information content (AvgIpc) is 2.70. The van der Waals surface area contributed by atoms with Crippen molar-refractivity contribution in [2.75, 3.05) is 13.1 Å². The fourth-order valence-corrected chi connectivity index (χ4v) is 3.49. The number of rotatable bonds is 6. The standard InChI is InChI=1S/C21H27F3N2O3/c1-4-17(27)26-10-8-14(9-11-26)20(29)25-18(13(2)3)19(28)15-6-5-7-16(12-15)21(22,23)24/h4-7,12-14,18-19,28H,1,8-11H2,2-3H3,(H,25,29). The molecule has 0 saturated carbocycles. The number of hydrogen-bond donors (Lipinski definition) is 2. The van der Waals surface area contributed by atoms with E-state index in [0.717, 1.165) is 12.1 Å². The van der Waals surface area contributed by atoms with Gasteiger partial charge in [-0.1, -0.05) is 32.6 Å². The molecule has 1 saturated heterocycles. The molecule has 2 atom stereocenters. The van der Waals surface area contributed by atoms with Gasteiger partial charge in [0.05, 0.1) is 17.7 Å². The van der Waals surface area contributed by atoms with Crippen molar-refractivity contribution in [3.63, 3.8) is 0 Å². The lowest BCUT2D eigenvalue weighted by Crippen LogP contribution is -2.48. The predicted molar refractivity (Wildman–Crippen MR) is 103 cm³/mol. The number of carbonyl (C=O) groups excluding carboxylic acids is 2. The molecule has 1 aromatic carbocycles. The summed E-state index contributed by atoms with van der Waals surface area (Å²) in [7, 11) is 0. The Morgan fingerprint density at radius 3 is 2.41 bits per heavy atom. The Hall–Kier alpha value is -2.35. The van der Waals surface area contributed by atoms with E-state index in [4.69, 9.17) is 0 Å². The summed E-state index contributed by atoms with van der Waals surface area (Å²) in [6.45, 7) is 7.89. The van der Waals surface area contributed by atoms with E-state index < -0.39 is 23.9 Å². The van der Waals surface area contributed by atoms with Crippen LogP contribution in [0.1, 0.15) is 43.9 Å². The second-order valence-electron chi connectivity index (χ2n) is 7.65. The SMILES string of the molecule is C=CC(=O)N1CCC(C(=O)NC(C(C)C)C(O)c2cccc(C(F)(F)F)c2)CC1. The first-order valence-electron chi connectivity index (χ1n) is 9.61. The maximum Gasteiger partial charge on any atom is 0.416 e. The summed E-state index contributed by atoms with van der Waals surface area (Å²) in [5, 5.41) is 13.5. The van der Waals surface area contributed by atoms with Crippen molar-refractivity contribution in [3.8, 4) is 0 Å². The van der Waals surface area contributed by atoms with Gasteiger partial charge in [-0.25, -0.2) is 0 Å². The van der Waals surface area contributed by atoms with Gasteiger partial charge in [0.15, 0.2) is 0 Å². The van der Waals surface area contributed by atoms with Crippen LogP contribution in [-0.4, -0.2) is 41.0 Å². The van der Waals surface area contributed by atoms with E-state index in [2.05, 4.69) is 11.9 Å². The molecule has 1 aliphatic rings. The molecule has 2 unspecified atom stereocenters. The van der Waals surface area contributed by atoms with Gasteiger partial charge in [-0.15, -0.1) is 0 Å². The van der Waals surface area contributed by atoms with Crippen LogP contribution in [0.25, 0.3) is 0 Å². The van der Waals surface area contributed by atoms with Crippen LogP contribution in [0.15, 0.2) is 36.9 Å². The molecule has 2 rings (SSSR count). The topological polar surface area (TPSA) is 69.6 Å². The van der Waals surface area contributed by atoms with Crippen LogP contribution in [0.5, 0.6) is 0 Å². The average molecular weight is 412 g/mol. The van der Waals surface area contributed by atoms with E-state index in [1.54, 1.807) is 18.7 Å². The number of hydrogen-bond acceptors (Lipinski definition) is 3. The van der Waals surface area contributed by atoms with Crippen molar-refractivity contribution >= 4 is 11.8 Å². The van der Waals surface area contributed by atoms with Gasteiger partial charge < -0.3 is 15.3 Å². The van der Waals surface area contributed by atoms with Gasteiger partial charge in [0.1, 0.15) is 0 Å². The van der Waals surface area contributed by atoms with Crippen LogP contribution in [0.4, 0.5) is 13.2 Å². The minimum absolute atomic E-state index is 0.102. The number of alkyl halides is 3. The van der Waals surface area contributed by atoms with Gasteiger partial charge >= 0.3 is 6.18 Å². The Balaban J connectivity index is 2.07. The molecule has 29 heavy (non-hydrogen) atoms. The summed E-state index contributed by atoms with van der Waals surface area (Å²) in [5.74, 6) is -0.964. The van der Waals surface area contributed by atoms with Crippen LogP contribution in [0.2, 0.25) is 0 Å². The smallest absolute Gasteiger partial charge is 0.386 e. The van der Waals surface area contributed by atoms with Gasteiger partial charge in [0, 0.05) is 19.0 Å². The molecule has 0 bridgehead atoms. The van der Waals surface area contributed by atoms with Crippen molar-refractivity contribution in [1.82, 2.24) is 10.2 Å². The molecule has 8 heteroatoms. The molecule has 160 valence electrons. The highest BCUT2D eigenvalue weighted by Gasteiger charge is 2.34. The number of halogens is 3. The van der Waals surface area contributed by atoms with Gasteiger partial charge in [-0.3, -0.25) is 9.59 Å². The maximum atomic E-state index is 13.0. The van der Waals surface area contributed by atoms with Crippen LogP contribution >= 0.6 is 0 Å². The summed E-state index contributed by atoms with van der Waals surface area (Å²) in [6.07, 6.45) is -3.58. The van der Waals surface area contributed by atoms with Crippen molar-refractivity contribution in [1.29, 1.82) is 0 Å². The quantitative estimate of drug-likeness (QED) is 0.705. The zero-order valence-corrected chi connectivity index (χ0v) is 16.6. The van der Waals surface area contributed by atoms with Gasteiger partial charge in [0.2, 0.25) is 11.8 Å². The van der Waals surface area contributed by atoms with Crippen molar-refractivity contribution < 1.29 is 27.9 Å². The number of aliphatic hydroxyl groups excluding tert-OH is 1. The molecule has 0 radical (unpaired) electrons. The number of likely N-dealkylation sites (tertiary alicyclic amines) is 1. The number of nitrogens with one attached hydrogen (secondary N) is 1. The molecule has 2 amide bonds. The second kappa shape index (κ2) is 9.43.